The van der Waals surface area contributed by atoms with Crippen LogP contribution in [0.4, 0.5) is 11.8 Å². The smallest absolute Gasteiger partial charge is 0.246 e. The summed E-state index contributed by atoms with van der Waals surface area (Å²) >= 11 is 0. The predicted octanol–water partition coefficient (Wildman–Crippen LogP) is 1.52. The Morgan fingerprint density at radius 1 is 1.22 bits per heavy atom. The van der Waals surface area contributed by atoms with Crippen molar-refractivity contribution in [3.63, 3.8) is 0 Å². The number of aliphatic hydroxyl groups is 1. The molecule has 0 radical (unpaired) electrons. The molecule has 1 aliphatic rings. The lowest BCUT2D eigenvalue weighted by Crippen LogP contribution is -2.38. The van der Waals surface area contributed by atoms with Crippen molar-refractivity contribution in [1.29, 1.82) is 0 Å². The topological polar surface area (TPSA) is 104 Å². The fourth-order valence-electron chi connectivity index (χ4n) is 3.05. The number of aliphatic hydroxyl groups excluding tert-OH is 1. The van der Waals surface area contributed by atoms with E-state index in [-0.39, 0.29) is 6.10 Å². The van der Waals surface area contributed by atoms with Gasteiger partial charge in [0.2, 0.25) is 17.7 Å². The van der Waals surface area contributed by atoms with E-state index >= 15 is 0 Å². The van der Waals surface area contributed by atoms with Gasteiger partial charge in [-0.15, -0.1) is 0 Å². The zero-order valence-corrected chi connectivity index (χ0v) is 15.1. The highest BCUT2D eigenvalue weighted by Gasteiger charge is 2.20. The average Bonchev–Trinajstić information content (AvgIpc) is 3.17. The second-order valence-electron chi connectivity index (χ2n) is 6.54. The van der Waals surface area contributed by atoms with Crippen molar-refractivity contribution in [2.45, 2.75) is 25.5 Å². The van der Waals surface area contributed by atoms with Crippen LogP contribution in [0.2, 0.25) is 0 Å². The molecule has 1 saturated heterocycles. The van der Waals surface area contributed by atoms with Crippen LogP contribution in [-0.4, -0.2) is 56.4 Å². The largest absolute Gasteiger partial charge is 0.391 e. The molecule has 3 aromatic rings. The van der Waals surface area contributed by atoms with Gasteiger partial charge in [0.15, 0.2) is 0 Å². The number of piperidine rings is 1. The summed E-state index contributed by atoms with van der Waals surface area (Å²) in [5.74, 6) is 2.28. The third-order valence-electron chi connectivity index (χ3n) is 4.42. The molecule has 9 heteroatoms. The molecule has 1 atom stereocenters. The fourth-order valence-corrected chi connectivity index (χ4v) is 3.05. The molecule has 0 bridgehead atoms. The van der Waals surface area contributed by atoms with Crippen LogP contribution in [0.25, 0.3) is 11.5 Å². The Morgan fingerprint density at radius 3 is 2.96 bits per heavy atom. The van der Waals surface area contributed by atoms with Gasteiger partial charge in [0.1, 0.15) is 11.5 Å². The molecule has 0 amide bonds. The van der Waals surface area contributed by atoms with Gasteiger partial charge in [-0.05, 0) is 31.0 Å². The highest BCUT2D eigenvalue weighted by atomic mass is 16.5. The van der Waals surface area contributed by atoms with Crippen LogP contribution in [-0.2, 0) is 6.54 Å². The van der Waals surface area contributed by atoms with Crippen molar-refractivity contribution < 1.29 is 9.63 Å². The minimum Gasteiger partial charge on any atom is -0.391 e. The van der Waals surface area contributed by atoms with Crippen molar-refractivity contribution in [3.8, 4) is 11.5 Å². The normalized spacial score (nSPS) is 17.1. The quantitative estimate of drug-likeness (QED) is 0.718. The summed E-state index contributed by atoms with van der Waals surface area (Å²) in [5.41, 5.74) is 0.664. The van der Waals surface area contributed by atoms with Crippen molar-refractivity contribution in [2.75, 3.05) is 29.9 Å². The van der Waals surface area contributed by atoms with Crippen molar-refractivity contribution in [2.24, 2.45) is 0 Å². The first kappa shape index (κ1) is 17.3. The lowest BCUT2D eigenvalue weighted by molar-refractivity contribution is 0.154. The first-order valence-electron chi connectivity index (χ1n) is 8.90. The van der Waals surface area contributed by atoms with Crippen molar-refractivity contribution in [3.05, 3.63) is 42.5 Å². The van der Waals surface area contributed by atoms with Gasteiger partial charge in [0, 0.05) is 32.5 Å². The molecule has 0 aliphatic carbocycles. The lowest BCUT2D eigenvalue weighted by atomic mass is 10.1. The van der Waals surface area contributed by atoms with E-state index in [4.69, 9.17) is 4.52 Å². The van der Waals surface area contributed by atoms with Gasteiger partial charge in [-0.1, -0.05) is 11.2 Å². The first-order chi connectivity index (χ1) is 13.2. The number of rotatable bonds is 5. The van der Waals surface area contributed by atoms with Crippen LogP contribution in [0.15, 0.2) is 41.2 Å². The monoisotopic (exact) mass is 367 g/mol. The molecule has 4 heterocycles. The highest BCUT2D eigenvalue weighted by Crippen LogP contribution is 2.20. The van der Waals surface area contributed by atoms with E-state index < -0.39 is 0 Å². The van der Waals surface area contributed by atoms with Crippen LogP contribution < -0.4 is 9.80 Å². The third-order valence-corrected chi connectivity index (χ3v) is 4.42. The molecule has 1 fully saturated rings. The molecule has 0 unspecified atom stereocenters. The summed E-state index contributed by atoms with van der Waals surface area (Å²) in [4.78, 5) is 21.5. The van der Waals surface area contributed by atoms with Gasteiger partial charge < -0.3 is 19.4 Å². The van der Waals surface area contributed by atoms with Crippen LogP contribution in [0.3, 0.4) is 0 Å². The molecular weight excluding hydrogens is 346 g/mol. The van der Waals surface area contributed by atoms with Crippen LogP contribution >= 0.6 is 0 Å². The number of hydrogen-bond donors (Lipinski definition) is 1. The minimum atomic E-state index is -0.307. The van der Waals surface area contributed by atoms with E-state index in [1.807, 2.05) is 36.2 Å². The van der Waals surface area contributed by atoms with E-state index in [0.717, 1.165) is 25.2 Å². The molecule has 1 aliphatic heterocycles. The Hall–Kier alpha value is -3.07. The second kappa shape index (κ2) is 7.67. The van der Waals surface area contributed by atoms with Gasteiger partial charge in [0.05, 0.1) is 12.6 Å². The van der Waals surface area contributed by atoms with Crippen LogP contribution in [0.5, 0.6) is 0 Å². The molecular formula is C18H21N7O2. The molecule has 140 valence electrons. The third kappa shape index (κ3) is 4.03. The predicted molar refractivity (Wildman–Crippen MR) is 99.1 cm³/mol. The summed E-state index contributed by atoms with van der Waals surface area (Å²) in [5, 5.41) is 13.9. The maximum absolute atomic E-state index is 9.88. The van der Waals surface area contributed by atoms with Crippen molar-refractivity contribution in [1.82, 2.24) is 25.1 Å². The van der Waals surface area contributed by atoms with E-state index in [1.165, 1.54) is 0 Å². The first-order valence-corrected chi connectivity index (χ1v) is 8.90. The summed E-state index contributed by atoms with van der Waals surface area (Å²) in [6.07, 6.45) is 4.90. The molecule has 4 rings (SSSR count). The second-order valence-corrected chi connectivity index (χ2v) is 6.54. The Labute approximate surface area is 156 Å². The van der Waals surface area contributed by atoms with Crippen LogP contribution in [0.1, 0.15) is 18.7 Å². The number of hydrogen-bond acceptors (Lipinski definition) is 9. The van der Waals surface area contributed by atoms with E-state index in [9.17, 15) is 5.11 Å². The SMILES string of the molecule is CN(Cc1nc(-c2ccccn2)no1)c1nccc(N2CCC[C@H](O)C2)n1. The molecule has 0 spiro atoms. The molecule has 1 N–H and O–H groups in total. The molecule has 27 heavy (non-hydrogen) atoms. The van der Waals surface area contributed by atoms with E-state index in [2.05, 4.69) is 30.0 Å². The fraction of sp³-hybridized carbons (Fsp3) is 0.389. The Bertz CT molecular complexity index is 886. The van der Waals surface area contributed by atoms with Gasteiger partial charge in [-0.2, -0.15) is 9.97 Å². The zero-order chi connectivity index (χ0) is 18.6. The highest BCUT2D eigenvalue weighted by molar-refractivity contribution is 5.47. The van der Waals surface area contributed by atoms with E-state index in [0.29, 0.717) is 36.4 Å². The summed E-state index contributed by atoms with van der Waals surface area (Å²) < 4.78 is 5.33. The van der Waals surface area contributed by atoms with Gasteiger partial charge in [0.25, 0.3) is 0 Å². The molecule has 0 saturated carbocycles. The molecule has 9 nitrogen and oxygen atoms in total. The Balaban J connectivity index is 1.46. The zero-order valence-electron chi connectivity index (χ0n) is 15.1. The Kier molecular flexibility index (Phi) is 4.93. The summed E-state index contributed by atoms with van der Waals surface area (Å²) in [6.45, 7) is 1.86. The number of anilines is 2. The van der Waals surface area contributed by atoms with Crippen LogP contribution in [0, 0.1) is 0 Å². The molecule has 0 aromatic carbocycles. The van der Waals surface area contributed by atoms with Gasteiger partial charge in [-0.3, -0.25) is 4.98 Å². The standard InChI is InChI=1S/C18H21N7O2/c1-24(12-16-22-17(23-27-16)14-6-2-3-8-19-14)18-20-9-7-15(21-18)25-10-4-5-13(26)11-25/h2-3,6-9,13,26H,4-5,10-12H2,1H3/t13-/m0/s1. The lowest BCUT2D eigenvalue weighted by Gasteiger charge is -2.31. The minimum absolute atomic E-state index is 0.307. The number of pyridine rings is 1. The van der Waals surface area contributed by atoms with Gasteiger partial charge >= 0.3 is 0 Å². The summed E-state index contributed by atoms with van der Waals surface area (Å²) in [7, 11) is 1.87. The molecule has 3 aromatic heterocycles. The van der Waals surface area contributed by atoms with Crippen molar-refractivity contribution >= 4 is 11.8 Å². The summed E-state index contributed by atoms with van der Waals surface area (Å²) in [6, 6.07) is 7.41. The number of β-amino-alcohol motifs (C(OH)–C–C–N with tert-alkyl or cyclic N) is 1. The number of nitrogens with zero attached hydrogens (tertiary/aromatic N) is 7. The Morgan fingerprint density at radius 2 is 2.15 bits per heavy atom. The number of aromatic nitrogens is 5. The maximum atomic E-state index is 9.88. The van der Waals surface area contributed by atoms with Gasteiger partial charge in [-0.25, -0.2) is 4.98 Å². The maximum Gasteiger partial charge on any atom is 0.246 e. The van der Waals surface area contributed by atoms with E-state index in [1.54, 1.807) is 12.4 Å². The average molecular weight is 367 g/mol.